The normalized spacial score (nSPS) is 10.5. The molecule has 2 aromatic carbocycles. The lowest BCUT2D eigenvalue weighted by Gasteiger charge is -2.05. The molecule has 7 heteroatoms. The van der Waals surface area contributed by atoms with Crippen LogP contribution in [0.4, 0.5) is 5.69 Å². The van der Waals surface area contributed by atoms with Gasteiger partial charge < -0.3 is 4.74 Å². The smallest absolute Gasteiger partial charge is 0.269 e. The molecule has 0 unspecified atom stereocenters. The zero-order valence-corrected chi connectivity index (χ0v) is 15.0. The number of rotatable bonds is 7. The molecule has 3 aromatic rings. The van der Waals surface area contributed by atoms with E-state index in [4.69, 9.17) is 4.74 Å². The molecule has 1 aromatic heterocycles. The summed E-state index contributed by atoms with van der Waals surface area (Å²) < 4.78 is 5.43. The number of nitrogens with zero attached hydrogens (tertiary/aromatic N) is 3. The molecular formula is C19H17N3O3S. The maximum absolute atomic E-state index is 10.7. The Hall–Kier alpha value is -2.93. The average Bonchev–Trinajstić information content (AvgIpc) is 2.68. The van der Waals surface area contributed by atoms with E-state index in [2.05, 4.69) is 10.2 Å². The summed E-state index contributed by atoms with van der Waals surface area (Å²) in [6.07, 6.45) is 0. The van der Waals surface area contributed by atoms with E-state index >= 15 is 0 Å². The third-order valence-corrected chi connectivity index (χ3v) is 4.63. The molecule has 26 heavy (non-hydrogen) atoms. The Morgan fingerprint density at radius 1 is 1.00 bits per heavy atom. The molecule has 0 aliphatic carbocycles. The number of nitro groups is 1. The molecule has 6 nitrogen and oxygen atoms in total. The maximum Gasteiger partial charge on any atom is 0.269 e. The fraction of sp³-hybridized carbons (Fsp3) is 0.158. The van der Waals surface area contributed by atoms with Crippen LogP contribution in [-0.2, 0) is 5.75 Å². The molecule has 0 N–H and O–H groups in total. The van der Waals surface area contributed by atoms with Crippen LogP contribution in [0.1, 0.15) is 12.5 Å². The summed E-state index contributed by atoms with van der Waals surface area (Å²) in [5.74, 6) is 1.51. The lowest BCUT2D eigenvalue weighted by molar-refractivity contribution is -0.384. The lowest BCUT2D eigenvalue weighted by Crippen LogP contribution is -1.92. The average molecular weight is 367 g/mol. The monoisotopic (exact) mass is 367 g/mol. The minimum absolute atomic E-state index is 0.0956. The first-order chi connectivity index (χ1) is 12.7. The summed E-state index contributed by atoms with van der Waals surface area (Å²) in [5.41, 5.74) is 2.87. The molecule has 1 heterocycles. The van der Waals surface area contributed by atoms with E-state index in [1.807, 2.05) is 43.3 Å². The molecule has 0 saturated heterocycles. The minimum atomic E-state index is -0.401. The van der Waals surface area contributed by atoms with Crippen LogP contribution in [-0.4, -0.2) is 21.7 Å². The van der Waals surface area contributed by atoms with Crippen molar-refractivity contribution in [1.82, 2.24) is 10.2 Å². The summed E-state index contributed by atoms with van der Waals surface area (Å²) in [5, 5.41) is 20.0. The van der Waals surface area contributed by atoms with Crippen LogP contribution in [0.25, 0.3) is 11.3 Å². The molecule has 0 spiro atoms. The second-order valence-corrected chi connectivity index (χ2v) is 6.42. The zero-order chi connectivity index (χ0) is 18.4. The van der Waals surface area contributed by atoms with Crippen molar-refractivity contribution in [1.29, 1.82) is 0 Å². The molecule has 0 amide bonds. The quantitative estimate of drug-likeness (QED) is 0.341. The number of hydrogen-bond donors (Lipinski definition) is 0. The maximum atomic E-state index is 10.7. The molecule has 0 aliphatic heterocycles. The fourth-order valence-corrected chi connectivity index (χ4v) is 3.08. The van der Waals surface area contributed by atoms with E-state index in [1.165, 1.54) is 23.9 Å². The van der Waals surface area contributed by atoms with Gasteiger partial charge in [0.15, 0.2) is 0 Å². The Morgan fingerprint density at radius 2 is 1.73 bits per heavy atom. The van der Waals surface area contributed by atoms with E-state index in [0.29, 0.717) is 12.4 Å². The van der Waals surface area contributed by atoms with Gasteiger partial charge in [0.05, 0.1) is 17.2 Å². The number of hydrogen-bond acceptors (Lipinski definition) is 6. The third-order valence-electron chi connectivity index (χ3n) is 3.64. The second kappa shape index (κ2) is 8.44. The van der Waals surface area contributed by atoms with Crippen LogP contribution >= 0.6 is 11.8 Å². The summed E-state index contributed by atoms with van der Waals surface area (Å²) in [6, 6.07) is 18.1. The molecule has 0 radical (unpaired) electrons. The van der Waals surface area contributed by atoms with Crippen LogP contribution in [0.2, 0.25) is 0 Å². The Morgan fingerprint density at radius 3 is 2.31 bits per heavy atom. The summed E-state index contributed by atoms with van der Waals surface area (Å²) in [4.78, 5) is 10.3. The van der Waals surface area contributed by atoms with E-state index in [0.717, 1.165) is 27.6 Å². The standard InChI is InChI=1S/C19H17N3O3S/c1-2-25-17-9-5-15(6-10-17)18-11-12-19(21-20-18)26-13-14-3-7-16(8-4-14)22(23)24/h3-12H,2,13H2,1H3. The number of aromatic nitrogens is 2. The van der Waals surface area contributed by atoms with Crippen LogP contribution in [0.15, 0.2) is 65.7 Å². The van der Waals surface area contributed by atoms with E-state index < -0.39 is 4.92 Å². The topological polar surface area (TPSA) is 78.2 Å². The van der Waals surface area contributed by atoms with Crippen molar-refractivity contribution in [2.24, 2.45) is 0 Å². The number of nitro benzene ring substituents is 1. The second-order valence-electron chi connectivity index (χ2n) is 5.43. The largest absolute Gasteiger partial charge is 0.494 e. The number of benzene rings is 2. The molecule has 132 valence electrons. The SMILES string of the molecule is CCOc1ccc(-c2ccc(SCc3ccc([N+](=O)[O-])cc3)nn2)cc1. The highest BCUT2D eigenvalue weighted by Gasteiger charge is 2.06. The highest BCUT2D eigenvalue weighted by molar-refractivity contribution is 7.98. The molecule has 0 fully saturated rings. The molecule has 0 atom stereocenters. The van der Waals surface area contributed by atoms with Gasteiger partial charge in [-0.15, -0.1) is 10.2 Å². The highest BCUT2D eigenvalue weighted by atomic mass is 32.2. The van der Waals surface area contributed by atoms with Crippen LogP contribution in [0, 0.1) is 10.1 Å². The Balaban J connectivity index is 1.61. The summed E-state index contributed by atoms with van der Waals surface area (Å²) in [7, 11) is 0. The Labute approximate surface area is 155 Å². The van der Waals surface area contributed by atoms with Gasteiger partial charge in [-0.05, 0) is 48.9 Å². The number of non-ortho nitro benzene ring substituents is 1. The third kappa shape index (κ3) is 4.58. The molecule has 0 bridgehead atoms. The first-order valence-corrected chi connectivity index (χ1v) is 9.07. The van der Waals surface area contributed by atoms with Gasteiger partial charge >= 0.3 is 0 Å². The summed E-state index contributed by atoms with van der Waals surface area (Å²) >= 11 is 1.54. The molecule has 0 saturated carbocycles. The fourth-order valence-electron chi connectivity index (χ4n) is 2.31. The molecule has 0 aliphatic rings. The van der Waals surface area contributed by atoms with Crippen molar-refractivity contribution >= 4 is 17.4 Å². The molecule has 3 rings (SSSR count). The number of ether oxygens (including phenoxy) is 1. The van der Waals surface area contributed by atoms with Gasteiger partial charge in [0, 0.05) is 23.4 Å². The summed E-state index contributed by atoms with van der Waals surface area (Å²) in [6.45, 7) is 2.59. The van der Waals surface area contributed by atoms with Gasteiger partial charge in [-0.25, -0.2) is 0 Å². The van der Waals surface area contributed by atoms with Gasteiger partial charge in [0.25, 0.3) is 5.69 Å². The van der Waals surface area contributed by atoms with Crippen molar-refractivity contribution in [2.45, 2.75) is 17.7 Å². The highest BCUT2D eigenvalue weighted by Crippen LogP contribution is 2.25. The first kappa shape index (κ1) is 17.9. The van der Waals surface area contributed by atoms with Crippen molar-refractivity contribution < 1.29 is 9.66 Å². The van der Waals surface area contributed by atoms with Crippen LogP contribution in [0.5, 0.6) is 5.75 Å². The van der Waals surface area contributed by atoms with Gasteiger partial charge in [-0.3, -0.25) is 10.1 Å². The van der Waals surface area contributed by atoms with Crippen LogP contribution < -0.4 is 4.74 Å². The Bertz CT molecular complexity index is 866. The van der Waals surface area contributed by atoms with Gasteiger partial charge in [0.1, 0.15) is 10.8 Å². The van der Waals surface area contributed by atoms with E-state index in [1.54, 1.807) is 12.1 Å². The number of thioether (sulfide) groups is 1. The van der Waals surface area contributed by atoms with Gasteiger partial charge in [-0.1, -0.05) is 23.9 Å². The predicted octanol–water partition coefficient (Wildman–Crippen LogP) is 4.74. The van der Waals surface area contributed by atoms with Crippen molar-refractivity contribution in [3.05, 3.63) is 76.3 Å². The minimum Gasteiger partial charge on any atom is -0.494 e. The van der Waals surface area contributed by atoms with E-state index in [-0.39, 0.29) is 5.69 Å². The zero-order valence-electron chi connectivity index (χ0n) is 14.2. The van der Waals surface area contributed by atoms with Crippen molar-refractivity contribution in [3.63, 3.8) is 0 Å². The predicted molar refractivity (Wildman–Crippen MR) is 101 cm³/mol. The van der Waals surface area contributed by atoms with Crippen LogP contribution in [0.3, 0.4) is 0 Å². The lowest BCUT2D eigenvalue weighted by atomic mass is 10.1. The van der Waals surface area contributed by atoms with Crippen molar-refractivity contribution in [2.75, 3.05) is 6.61 Å². The van der Waals surface area contributed by atoms with Crippen molar-refractivity contribution in [3.8, 4) is 17.0 Å². The van der Waals surface area contributed by atoms with Gasteiger partial charge in [-0.2, -0.15) is 0 Å². The Kier molecular flexibility index (Phi) is 5.80. The molecular weight excluding hydrogens is 350 g/mol. The van der Waals surface area contributed by atoms with E-state index in [9.17, 15) is 10.1 Å². The first-order valence-electron chi connectivity index (χ1n) is 8.09. The van der Waals surface area contributed by atoms with Gasteiger partial charge in [0.2, 0.25) is 0 Å².